The van der Waals surface area contributed by atoms with E-state index in [0.29, 0.717) is 26.2 Å². The smallest absolute Gasteiger partial charge is 0.321 e. The number of β-amino-alcohol motifs (C(OH)–C–C–N with tert-alkyl or cyclic N) is 1. The van der Waals surface area contributed by atoms with Crippen LogP contribution in [-0.2, 0) is 0 Å². The Labute approximate surface area is 122 Å². The molecular weight excluding hydrogens is 280 g/mol. The average Bonchev–Trinajstić information content (AvgIpc) is 2.68. The van der Waals surface area contributed by atoms with Gasteiger partial charge in [0.2, 0.25) is 0 Å². The summed E-state index contributed by atoms with van der Waals surface area (Å²) < 4.78 is 26.3. The number of carbonyl (C=O) groups excluding carboxylic acids is 1. The predicted octanol–water partition coefficient (Wildman–Crippen LogP) is 1.50. The van der Waals surface area contributed by atoms with Crippen LogP contribution in [0.1, 0.15) is 6.42 Å². The summed E-state index contributed by atoms with van der Waals surface area (Å²) in [5, 5.41) is 11.4. The Kier molecular flexibility index (Phi) is 5.46. The Morgan fingerprint density at radius 1 is 1.24 bits per heavy atom. The Hall–Kier alpha value is -1.73. The number of nitrogens with one attached hydrogen (secondary N) is 1. The van der Waals surface area contributed by atoms with Gasteiger partial charge in [0.25, 0.3) is 0 Å². The largest absolute Gasteiger partial charge is 0.395 e. The van der Waals surface area contributed by atoms with E-state index in [2.05, 4.69) is 10.2 Å². The second kappa shape index (κ2) is 7.33. The zero-order chi connectivity index (χ0) is 15.2. The summed E-state index contributed by atoms with van der Waals surface area (Å²) in [6.07, 6.45) is 0.791. The minimum Gasteiger partial charge on any atom is -0.395 e. The van der Waals surface area contributed by atoms with Crippen molar-refractivity contribution in [2.24, 2.45) is 0 Å². The van der Waals surface area contributed by atoms with Gasteiger partial charge in [-0.1, -0.05) is 0 Å². The van der Waals surface area contributed by atoms with E-state index in [-0.39, 0.29) is 12.3 Å². The standard InChI is InChI=1S/C14H19F2N3O2/c15-11-2-3-13(12(16)10-11)17-14(21)19-5-1-4-18(6-7-19)8-9-20/h2-3,10,20H,1,4-9H2,(H,17,21). The highest BCUT2D eigenvalue weighted by atomic mass is 19.1. The van der Waals surface area contributed by atoms with E-state index < -0.39 is 17.7 Å². The van der Waals surface area contributed by atoms with Crippen LogP contribution in [0.4, 0.5) is 19.3 Å². The number of anilines is 1. The molecule has 1 aromatic rings. The lowest BCUT2D eigenvalue weighted by molar-refractivity contribution is 0.194. The molecule has 1 aromatic carbocycles. The molecule has 0 spiro atoms. The molecule has 1 aliphatic heterocycles. The quantitative estimate of drug-likeness (QED) is 0.889. The van der Waals surface area contributed by atoms with Crippen molar-refractivity contribution in [3.63, 3.8) is 0 Å². The summed E-state index contributed by atoms with van der Waals surface area (Å²) in [5.41, 5.74) is -0.0298. The van der Waals surface area contributed by atoms with Gasteiger partial charge >= 0.3 is 6.03 Å². The normalized spacial score (nSPS) is 16.6. The lowest BCUT2D eigenvalue weighted by atomic mass is 10.3. The van der Waals surface area contributed by atoms with Gasteiger partial charge in [0.1, 0.15) is 11.6 Å². The minimum atomic E-state index is -0.792. The Bertz CT molecular complexity index is 499. The Morgan fingerprint density at radius 3 is 2.76 bits per heavy atom. The number of hydrogen-bond donors (Lipinski definition) is 2. The fraction of sp³-hybridized carbons (Fsp3) is 0.500. The molecule has 2 rings (SSSR count). The number of urea groups is 1. The van der Waals surface area contributed by atoms with Gasteiger partial charge in [0.05, 0.1) is 12.3 Å². The molecule has 0 saturated carbocycles. The van der Waals surface area contributed by atoms with Crippen LogP contribution >= 0.6 is 0 Å². The van der Waals surface area contributed by atoms with Crippen LogP contribution in [0.2, 0.25) is 0 Å². The number of hydrogen-bond acceptors (Lipinski definition) is 3. The number of aliphatic hydroxyl groups is 1. The van der Waals surface area contributed by atoms with E-state index in [1.165, 1.54) is 6.07 Å². The lowest BCUT2D eigenvalue weighted by Gasteiger charge is -2.22. The van der Waals surface area contributed by atoms with E-state index in [9.17, 15) is 13.6 Å². The molecule has 1 aliphatic rings. The number of aliphatic hydroxyl groups excluding tert-OH is 1. The van der Waals surface area contributed by atoms with Crippen molar-refractivity contribution < 1.29 is 18.7 Å². The van der Waals surface area contributed by atoms with Gasteiger partial charge < -0.3 is 15.3 Å². The number of amides is 2. The first kappa shape index (κ1) is 15.7. The number of rotatable bonds is 3. The van der Waals surface area contributed by atoms with Gasteiger partial charge in [-0.05, 0) is 25.1 Å². The summed E-state index contributed by atoms with van der Waals surface area (Å²) in [4.78, 5) is 15.8. The first-order valence-electron chi connectivity index (χ1n) is 6.94. The molecule has 1 heterocycles. The summed E-state index contributed by atoms with van der Waals surface area (Å²) in [5.74, 6) is -1.47. The number of halogens is 2. The van der Waals surface area contributed by atoms with Crippen molar-refractivity contribution in [2.75, 3.05) is 44.6 Å². The van der Waals surface area contributed by atoms with Crippen molar-refractivity contribution in [1.82, 2.24) is 9.80 Å². The van der Waals surface area contributed by atoms with Crippen molar-refractivity contribution in [3.8, 4) is 0 Å². The molecule has 0 radical (unpaired) electrons. The second-order valence-corrected chi connectivity index (χ2v) is 4.96. The Morgan fingerprint density at radius 2 is 2.05 bits per heavy atom. The van der Waals surface area contributed by atoms with Crippen molar-refractivity contribution >= 4 is 11.7 Å². The number of benzene rings is 1. The molecule has 0 bridgehead atoms. The topological polar surface area (TPSA) is 55.8 Å². The first-order valence-corrected chi connectivity index (χ1v) is 6.94. The van der Waals surface area contributed by atoms with Gasteiger partial charge in [0, 0.05) is 32.2 Å². The molecule has 0 unspecified atom stereocenters. The average molecular weight is 299 g/mol. The van der Waals surface area contributed by atoms with Crippen molar-refractivity contribution in [3.05, 3.63) is 29.8 Å². The van der Waals surface area contributed by atoms with E-state index in [0.717, 1.165) is 25.1 Å². The molecule has 0 atom stereocenters. The summed E-state index contributed by atoms with van der Waals surface area (Å²) in [6, 6.07) is 2.65. The molecule has 2 amide bonds. The summed E-state index contributed by atoms with van der Waals surface area (Å²) in [6.45, 7) is 3.23. The third kappa shape index (κ3) is 4.37. The van der Waals surface area contributed by atoms with Crippen molar-refractivity contribution in [1.29, 1.82) is 0 Å². The number of carbonyl (C=O) groups is 1. The van der Waals surface area contributed by atoms with Gasteiger partial charge in [0.15, 0.2) is 0 Å². The summed E-state index contributed by atoms with van der Waals surface area (Å²) >= 11 is 0. The zero-order valence-electron chi connectivity index (χ0n) is 11.7. The van der Waals surface area contributed by atoms with E-state index >= 15 is 0 Å². The monoisotopic (exact) mass is 299 g/mol. The molecule has 5 nitrogen and oxygen atoms in total. The van der Waals surface area contributed by atoms with Crippen LogP contribution < -0.4 is 5.32 Å². The zero-order valence-corrected chi connectivity index (χ0v) is 11.7. The third-order valence-electron chi connectivity index (χ3n) is 3.46. The Balaban J connectivity index is 1.93. The molecule has 7 heteroatoms. The van der Waals surface area contributed by atoms with Gasteiger partial charge in [-0.25, -0.2) is 13.6 Å². The van der Waals surface area contributed by atoms with Crippen LogP contribution in [0.3, 0.4) is 0 Å². The summed E-state index contributed by atoms with van der Waals surface area (Å²) in [7, 11) is 0. The van der Waals surface area contributed by atoms with Crippen LogP contribution in [0.25, 0.3) is 0 Å². The molecule has 0 aromatic heterocycles. The lowest BCUT2D eigenvalue weighted by Crippen LogP contribution is -2.38. The van der Waals surface area contributed by atoms with Gasteiger partial charge in [-0.15, -0.1) is 0 Å². The highest BCUT2D eigenvalue weighted by Crippen LogP contribution is 2.16. The third-order valence-corrected chi connectivity index (χ3v) is 3.46. The van der Waals surface area contributed by atoms with E-state index in [1.807, 2.05) is 0 Å². The molecule has 21 heavy (non-hydrogen) atoms. The molecule has 1 saturated heterocycles. The molecule has 116 valence electrons. The maximum atomic E-state index is 13.5. The fourth-order valence-electron chi connectivity index (χ4n) is 2.32. The SMILES string of the molecule is O=C(Nc1ccc(F)cc1F)N1CCCN(CCO)CC1. The van der Waals surface area contributed by atoms with E-state index in [1.54, 1.807) is 4.90 Å². The highest BCUT2D eigenvalue weighted by Gasteiger charge is 2.19. The van der Waals surface area contributed by atoms with Crippen LogP contribution in [0.15, 0.2) is 18.2 Å². The highest BCUT2D eigenvalue weighted by molar-refractivity contribution is 5.89. The predicted molar refractivity (Wildman–Crippen MR) is 75.1 cm³/mol. The van der Waals surface area contributed by atoms with Crippen molar-refractivity contribution in [2.45, 2.75) is 6.42 Å². The maximum Gasteiger partial charge on any atom is 0.321 e. The van der Waals surface area contributed by atoms with E-state index in [4.69, 9.17) is 5.11 Å². The van der Waals surface area contributed by atoms with Gasteiger partial charge in [-0.2, -0.15) is 0 Å². The molecular formula is C14H19F2N3O2. The number of nitrogens with zero attached hydrogens (tertiary/aromatic N) is 2. The van der Waals surface area contributed by atoms with Crippen LogP contribution in [0, 0.1) is 11.6 Å². The first-order chi connectivity index (χ1) is 10.1. The fourth-order valence-corrected chi connectivity index (χ4v) is 2.32. The second-order valence-electron chi connectivity index (χ2n) is 4.96. The van der Waals surface area contributed by atoms with Crippen LogP contribution in [-0.4, -0.2) is 60.3 Å². The molecule has 1 fully saturated rings. The molecule has 2 N–H and O–H groups in total. The van der Waals surface area contributed by atoms with Crippen LogP contribution in [0.5, 0.6) is 0 Å². The minimum absolute atomic E-state index is 0.0298. The maximum absolute atomic E-state index is 13.5. The molecule has 0 aliphatic carbocycles. The van der Waals surface area contributed by atoms with Gasteiger partial charge in [-0.3, -0.25) is 4.90 Å².